The van der Waals surface area contributed by atoms with Crippen molar-refractivity contribution in [3.8, 4) is 11.6 Å². The lowest BCUT2D eigenvalue weighted by atomic mass is 10.2. The topological polar surface area (TPSA) is 47.0 Å². The normalized spacial score (nSPS) is 14.3. The van der Waals surface area contributed by atoms with E-state index in [0.29, 0.717) is 22.7 Å². The zero-order valence-electron chi connectivity index (χ0n) is 11.3. The summed E-state index contributed by atoms with van der Waals surface area (Å²) in [5, 5.41) is 12.2. The molecule has 5 heteroatoms. The van der Waals surface area contributed by atoms with E-state index in [2.05, 4.69) is 15.5 Å². The Labute approximate surface area is 123 Å². The molecule has 0 radical (unpaired) electrons. The van der Waals surface area contributed by atoms with Gasteiger partial charge in [0, 0.05) is 18.7 Å². The van der Waals surface area contributed by atoms with Gasteiger partial charge < -0.3 is 10.1 Å². The summed E-state index contributed by atoms with van der Waals surface area (Å²) in [5.41, 5.74) is 2.01. The van der Waals surface area contributed by atoms with Gasteiger partial charge in [-0.1, -0.05) is 17.7 Å². The first-order valence-corrected chi connectivity index (χ1v) is 7.08. The molecule has 3 rings (SSSR count). The number of rotatable bonds is 5. The Morgan fingerprint density at radius 1 is 1.25 bits per heavy atom. The van der Waals surface area contributed by atoms with E-state index in [-0.39, 0.29) is 0 Å². The molecule has 1 aromatic carbocycles. The highest BCUT2D eigenvalue weighted by Crippen LogP contribution is 2.28. The zero-order chi connectivity index (χ0) is 13.9. The maximum atomic E-state index is 6.12. The SMILES string of the molecule is Cc1ccc(Oc2ccc(CNC3CC3)nn2)c(Cl)c1. The lowest BCUT2D eigenvalue weighted by Gasteiger charge is -2.07. The van der Waals surface area contributed by atoms with Crippen LogP contribution in [-0.4, -0.2) is 16.2 Å². The van der Waals surface area contributed by atoms with Crippen molar-refractivity contribution in [2.45, 2.75) is 32.4 Å². The third-order valence-electron chi connectivity index (χ3n) is 3.15. The van der Waals surface area contributed by atoms with Gasteiger partial charge in [0.25, 0.3) is 0 Å². The van der Waals surface area contributed by atoms with Crippen molar-refractivity contribution >= 4 is 11.6 Å². The molecule has 0 aliphatic heterocycles. The Morgan fingerprint density at radius 2 is 2.10 bits per heavy atom. The zero-order valence-corrected chi connectivity index (χ0v) is 12.0. The lowest BCUT2D eigenvalue weighted by Crippen LogP contribution is -2.16. The summed E-state index contributed by atoms with van der Waals surface area (Å²) in [6.45, 7) is 2.74. The Hall–Kier alpha value is -1.65. The van der Waals surface area contributed by atoms with E-state index in [4.69, 9.17) is 16.3 Å². The summed E-state index contributed by atoms with van der Waals surface area (Å²) in [5.74, 6) is 1.04. The number of nitrogens with one attached hydrogen (secondary N) is 1. The maximum Gasteiger partial charge on any atom is 0.238 e. The predicted octanol–water partition coefficient (Wildman–Crippen LogP) is 3.48. The number of hydrogen-bond donors (Lipinski definition) is 1. The number of halogens is 1. The molecule has 0 spiro atoms. The van der Waals surface area contributed by atoms with Gasteiger partial charge in [-0.05, 0) is 43.5 Å². The average molecular weight is 290 g/mol. The number of aromatic nitrogens is 2. The predicted molar refractivity (Wildman–Crippen MR) is 78.2 cm³/mol. The van der Waals surface area contributed by atoms with E-state index in [1.54, 1.807) is 0 Å². The van der Waals surface area contributed by atoms with Crippen LogP contribution < -0.4 is 10.1 Å². The second-order valence-electron chi connectivity index (χ2n) is 5.05. The van der Waals surface area contributed by atoms with Crippen LogP contribution >= 0.6 is 11.6 Å². The highest BCUT2D eigenvalue weighted by Gasteiger charge is 2.20. The first-order valence-electron chi connectivity index (χ1n) is 6.71. The number of ether oxygens (including phenoxy) is 1. The fraction of sp³-hybridized carbons (Fsp3) is 0.333. The van der Waals surface area contributed by atoms with Crippen molar-refractivity contribution in [3.63, 3.8) is 0 Å². The third-order valence-corrected chi connectivity index (χ3v) is 3.44. The van der Waals surface area contributed by atoms with Gasteiger partial charge in [-0.3, -0.25) is 0 Å². The second kappa shape index (κ2) is 5.77. The molecule has 2 aromatic rings. The smallest absolute Gasteiger partial charge is 0.238 e. The van der Waals surface area contributed by atoms with Gasteiger partial charge in [0.05, 0.1) is 10.7 Å². The monoisotopic (exact) mass is 289 g/mol. The van der Waals surface area contributed by atoms with Crippen LogP contribution in [0.15, 0.2) is 30.3 Å². The second-order valence-corrected chi connectivity index (χ2v) is 5.46. The largest absolute Gasteiger partial charge is 0.436 e. The van der Waals surface area contributed by atoms with Gasteiger partial charge in [-0.15, -0.1) is 5.10 Å². The van der Waals surface area contributed by atoms with E-state index in [1.807, 2.05) is 37.3 Å². The Balaban J connectivity index is 1.64. The quantitative estimate of drug-likeness (QED) is 0.915. The molecular formula is C15H16ClN3O. The molecule has 1 aliphatic carbocycles. The Kier molecular flexibility index (Phi) is 3.85. The molecule has 0 amide bonds. The van der Waals surface area contributed by atoms with Gasteiger partial charge in [-0.25, -0.2) is 0 Å². The van der Waals surface area contributed by atoms with E-state index in [1.165, 1.54) is 12.8 Å². The van der Waals surface area contributed by atoms with Gasteiger partial charge in [0.15, 0.2) is 0 Å². The van der Waals surface area contributed by atoms with Crippen molar-refractivity contribution in [1.82, 2.24) is 15.5 Å². The Bertz CT molecular complexity index is 597. The molecule has 1 aliphatic rings. The van der Waals surface area contributed by atoms with Crippen molar-refractivity contribution < 1.29 is 4.74 Å². The molecule has 0 atom stereocenters. The molecule has 0 saturated heterocycles. The number of nitrogens with zero attached hydrogens (tertiary/aromatic N) is 2. The van der Waals surface area contributed by atoms with Crippen molar-refractivity contribution in [1.29, 1.82) is 0 Å². The third kappa shape index (κ3) is 3.46. The molecule has 20 heavy (non-hydrogen) atoms. The molecule has 0 bridgehead atoms. The minimum Gasteiger partial charge on any atom is -0.436 e. The van der Waals surface area contributed by atoms with E-state index in [0.717, 1.165) is 17.8 Å². The number of aryl methyl sites for hydroxylation is 1. The van der Waals surface area contributed by atoms with Crippen molar-refractivity contribution in [3.05, 3.63) is 46.6 Å². The fourth-order valence-electron chi connectivity index (χ4n) is 1.83. The van der Waals surface area contributed by atoms with Crippen LogP contribution in [0.4, 0.5) is 0 Å². The highest BCUT2D eigenvalue weighted by molar-refractivity contribution is 6.32. The molecular weight excluding hydrogens is 274 g/mol. The molecule has 1 fully saturated rings. The summed E-state index contributed by atoms with van der Waals surface area (Å²) >= 11 is 6.12. The van der Waals surface area contributed by atoms with E-state index >= 15 is 0 Å². The van der Waals surface area contributed by atoms with Gasteiger partial charge >= 0.3 is 0 Å². The van der Waals surface area contributed by atoms with Gasteiger partial charge in [0.2, 0.25) is 5.88 Å². The number of hydrogen-bond acceptors (Lipinski definition) is 4. The van der Waals surface area contributed by atoms with Gasteiger partial charge in [0.1, 0.15) is 5.75 Å². The fourth-order valence-corrected chi connectivity index (χ4v) is 2.11. The minimum atomic E-state index is 0.450. The molecule has 1 saturated carbocycles. The summed E-state index contributed by atoms with van der Waals surface area (Å²) in [6.07, 6.45) is 2.53. The van der Waals surface area contributed by atoms with E-state index in [9.17, 15) is 0 Å². The number of benzene rings is 1. The van der Waals surface area contributed by atoms with Crippen molar-refractivity contribution in [2.24, 2.45) is 0 Å². The maximum absolute atomic E-state index is 6.12. The molecule has 1 N–H and O–H groups in total. The summed E-state index contributed by atoms with van der Waals surface area (Å²) < 4.78 is 5.63. The molecule has 4 nitrogen and oxygen atoms in total. The summed E-state index contributed by atoms with van der Waals surface area (Å²) in [4.78, 5) is 0. The summed E-state index contributed by atoms with van der Waals surface area (Å²) in [7, 11) is 0. The molecule has 1 aromatic heterocycles. The van der Waals surface area contributed by atoms with Crippen LogP contribution in [0.2, 0.25) is 5.02 Å². The first kappa shape index (κ1) is 13.3. The van der Waals surface area contributed by atoms with Gasteiger partial charge in [-0.2, -0.15) is 5.10 Å². The Morgan fingerprint density at radius 3 is 2.75 bits per heavy atom. The standard InChI is InChI=1S/C15H16ClN3O/c1-10-2-6-14(13(16)8-10)20-15-7-5-12(18-19-15)9-17-11-3-4-11/h2,5-8,11,17H,3-4,9H2,1H3. The lowest BCUT2D eigenvalue weighted by molar-refractivity contribution is 0.453. The van der Waals surface area contributed by atoms with Crippen LogP contribution in [0.5, 0.6) is 11.6 Å². The first-order chi connectivity index (χ1) is 9.70. The van der Waals surface area contributed by atoms with Crippen LogP contribution in [0.25, 0.3) is 0 Å². The average Bonchev–Trinajstić information content (AvgIpc) is 3.25. The van der Waals surface area contributed by atoms with Crippen LogP contribution in [0, 0.1) is 6.92 Å². The minimum absolute atomic E-state index is 0.450. The molecule has 0 unspecified atom stereocenters. The van der Waals surface area contributed by atoms with Crippen LogP contribution in [0.1, 0.15) is 24.1 Å². The summed E-state index contributed by atoms with van der Waals surface area (Å²) in [6, 6.07) is 10.0. The molecule has 104 valence electrons. The van der Waals surface area contributed by atoms with Crippen LogP contribution in [0.3, 0.4) is 0 Å². The highest BCUT2D eigenvalue weighted by atomic mass is 35.5. The molecule has 1 heterocycles. The van der Waals surface area contributed by atoms with E-state index < -0.39 is 0 Å². The van der Waals surface area contributed by atoms with Crippen molar-refractivity contribution in [2.75, 3.05) is 0 Å². The van der Waals surface area contributed by atoms with Crippen LogP contribution in [-0.2, 0) is 6.54 Å².